The summed E-state index contributed by atoms with van der Waals surface area (Å²) in [6.45, 7) is 15.9. The molecule has 0 aromatic rings. The van der Waals surface area contributed by atoms with E-state index < -0.39 is 0 Å². The quantitative estimate of drug-likeness (QED) is 0.417. The first-order valence-electron chi connectivity index (χ1n) is 6.13. The van der Waals surface area contributed by atoms with Crippen molar-refractivity contribution >= 4 is 0 Å². The van der Waals surface area contributed by atoms with Gasteiger partial charge in [-0.3, -0.25) is 0 Å². The van der Waals surface area contributed by atoms with E-state index in [1.165, 1.54) is 0 Å². The summed E-state index contributed by atoms with van der Waals surface area (Å²) in [5, 5.41) is 0. The summed E-state index contributed by atoms with van der Waals surface area (Å²) in [6.07, 6.45) is 8.05. The molecule has 16 heavy (non-hydrogen) atoms. The summed E-state index contributed by atoms with van der Waals surface area (Å²) in [5.41, 5.74) is 0.804. The van der Waals surface area contributed by atoms with E-state index >= 15 is 0 Å². The van der Waals surface area contributed by atoms with Crippen molar-refractivity contribution in [2.24, 2.45) is 5.92 Å². The highest BCUT2D eigenvalue weighted by Crippen LogP contribution is 2.05. The first kappa shape index (κ1) is 20.5. The molecule has 0 atom stereocenters. The lowest BCUT2D eigenvalue weighted by atomic mass is 10.1. The van der Waals surface area contributed by atoms with Gasteiger partial charge < -0.3 is 0 Å². The fourth-order valence-electron chi connectivity index (χ4n) is 0.974. The lowest BCUT2D eigenvalue weighted by Gasteiger charge is -1.98. The van der Waals surface area contributed by atoms with Gasteiger partial charge in [0.15, 0.2) is 0 Å². The zero-order valence-corrected chi connectivity index (χ0v) is 11.7. The molecule has 0 spiro atoms. The van der Waals surface area contributed by atoms with Gasteiger partial charge in [0, 0.05) is 0 Å². The lowest BCUT2D eigenvalue weighted by molar-refractivity contribution is 0.546. The van der Waals surface area contributed by atoms with E-state index in [0.717, 1.165) is 18.4 Å². The number of allylic oxidation sites excluding steroid dienone is 4. The summed E-state index contributed by atoms with van der Waals surface area (Å²) in [7, 11) is 0. The van der Waals surface area contributed by atoms with Crippen LogP contribution in [0.15, 0.2) is 37.0 Å². The van der Waals surface area contributed by atoms with Crippen LogP contribution >= 0.6 is 0 Å². The Balaban J connectivity index is -0.000000376. The average molecular weight is 228 g/mol. The second-order valence-corrected chi connectivity index (χ2v) is 3.31. The Labute approximate surface area is 102 Å². The first-order chi connectivity index (χ1) is 7.70. The maximum atomic E-state index is 12.3. The second kappa shape index (κ2) is 19.7. The molecule has 0 radical (unpaired) electrons. The van der Waals surface area contributed by atoms with Crippen molar-refractivity contribution in [1.29, 1.82) is 0 Å². The summed E-state index contributed by atoms with van der Waals surface area (Å²) >= 11 is 0. The number of alkyl halides is 1. The largest absolute Gasteiger partial charge is 0.246 e. The van der Waals surface area contributed by atoms with E-state index in [2.05, 4.69) is 33.9 Å². The average Bonchev–Trinajstić information content (AvgIpc) is 2.33. The molecule has 0 saturated carbocycles. The van der Waals surface area contributed by atoms with Crippen molar-refractivity contribution in [1.82, 2.24) is 0 Å². The minimum Gasteiger partial charge on any atom is -0.246 e. The summed E-state index contributed by atoms with van der Waals surface area (Å²) in [6, 6.07) is 0. The van der Waals surface area contributed by atoms with E-state index in [9.17, 15) is 4.39 Å². The molecule has 0 bridgehead atoms. The van der Waals surface area contributed by atoms with Gasteiger partial charge in [-0.05, 0) is 17.9 Å². The number of halogens is 1. The van der Waals surface area contributed by atoms with E-state index in [1.807, 2.05) is 32.1 Å². The first-order valence-corrected chi connectivity index (χ1v) is 6.13. The molecule has 0 heterocycles. The lowest BCUT2D eigenvalue weighted by Crippen LogP contribution is -1.86. The standard InChI is InChI=1S/C11H19F.C2H6.C2H4/c1-4-5-6-7-11(9-12)8-10(2)3;2*1-2/h6-8,10H,4-5,9H2,1-3H3;1-2H3;1-2H2/b7-6-,11-8-;;. The molecule has 96 valence electrons. The summed E-state index contributed by atoms with van der Waals surface area (Å²) in [5.74, 6) is 0.432. The number of hydrogen-bond donors (Lipinski definition) is 0. The maximum Gasteiger partial charge on any atom is 0.114 e. The monoisotopic (exact) mass is 228 g/mol. The minimum atomic E-state index is -0.349. The number of rotatable bonds is 5. The van der Waals surface area contributed by atoms with Gasteiger partial charge in [0.2, 0.25) is 0 Å². The van der Waals surface area contributed by atoms with Crippen molar-refractivity contribution in [3.8, 4) is 0 Å². The molecule has 0 nitrogen and oxygen atoms in total. The van der Waals surface area contributed by atoms with Gasteiger partial charge in [0.25, 0.3) is 0 Å². The fraction of sp³-hybridized carbons (Fsp3) is 0.600. The second-order valence-electron chi connectivity index (χ2n) is 3.31. The molecule has 0 unspecified atom stereocenters. The highest BCUT2D eigenvalue weighted by atomic mass is 19.1. The van der Waals surface area contributed by atoms with Gasteiger partial charge in [0.1, 0.15) is 6.67 Å². The highest BCUT2D eigenvalue weighted by molar-refractivity contribution is 5.19. The van der Waals surface area contributed by atoms with E-state index in [0.29, 0.717) is 5.92 Å². The van der Waals surface area contributed by atoms with Crippen LogP contribution in [0.1, 0.15) is 47.5 Å². The normalized spacial score (nSPS) is 10.6. The third kappa shape index (κ3) is 18.8. The molecular formula is C15H29F. The van der Waals surface area contributed by atoms with Crippen LogP contribution < -0.4 is 0 Å². The zero-order chi connectivity index (χ0) is 13.4. The molecule has 0 rings (SSSR count). The predicted octanol–water partition coefficient (Wildman–Crippen LogP) is 5.72. The van der Waals surface area contributed by atoms with Crippen LogP contribution in [0.25, 0.3) is 0 Å². The highest BCUT2D eigenvalue weighted by Gasteiger charge is 1.92. The topological polar surface area (TPSA) is 0 Å². The van der Waals surface area contributed by atoms with Gasteiger partial charge in [-0.2, -0.15) is 0 Å². The molecule has 0 aromatic carbocycles. The van der Waals surface area contributed by atoms with Gasteiger partial charge in [-0.1, -0.05) is 59.3 Å². The van der Waals surface area contributed by atoms with Crippen LogP contribution in [-0.2, 0) is 0 Å². The Bertz CT molecular complexity index is 166. The molecule has 0 aliphatic carbocycles. The van der Waals surface area contributed by atoms with Gasteiger partial charge in [0.05, 0.1) is 0 Å². The van der Waals surface area contributed by atoms with Crippen molar-refractivity contribution in [2.45, 2.75) is 47.5 Å². The Morgan fingerprint density at radius 3 is 2.06 bits per heavy atom. The van der Waals surface area contributed by atoms with Gasteiger partial charge in [-0.15, -0.1) is 13.2 Å². The summed E-state index contributed by atoms with van der Waals surface area (Å²) < 4.78 is 12.3. The molecule has 1 heteroatoms. The van der Waals surface area contributed by atoms with Crippen LogP contribution in [0.5, 0.6) is 0 Å². The molecule has 0 aliphatic rings. The number of hydrogen-bond acceptors (Lipinski definition) is 0. The molecule has 0 aliphatic heterocycles. The molecule has 0 saturated heterocycles. The van der Waals surface area contributed by atoms with Crippen molar-refractivity contribution in [3.63, 3.8) is 0 Å². The Hall–Kier alpha value is -0.850. The Morgan fingerprint density at radius 2 is 1.75 bits per heavy atom. The zero-order valence-electron chi connectivity index (χ0n) is 11.7. The smallest absolute Gasteiger partial charge is 0.114 e. The number of unbranched alkanes of at least 4 members (excludes halogenated alkanes) is 1. The minimum absolute atomic E-state index is 0.349. The van der Waals surface area contributed by atoms with E-state index in [-0.39, 0.29) is 6.67 Å². The molecule has 0 amide bonds. The van der Waals surface area contributed by atoms with Crippen LogP contribution in [0.3, 0.4) is 0 Å². The van der Waals surface area contributed by atoms with Crippen LogP contribution in [0.2, 0.25) is 0 Å². The Kier molecular flexibility index (Phi) is 25.3. The van der Waals surface area contributed by atoms with Crippen LogP contribution in [-0.4, -0.2) is 6.67 Å². The molecular weight excluding hydrogens is 199 g/mol. The molecule has 0 N–H and O–H groups in total. The van der Waals surface area contributed by atoms with Crippen molar-refractivity contribution in [3.05, 3.63) is 37.0 Å². The van der Waals surface area contributed by atoms with Crippen molar-refractivity contribution in [2.75, 3.05) is 6.67 Å². The van der Waals surface area contributed by atoms with Crippen molar-refractivity contribution < 1.29 is 4.39 Å². The third-order valence-corrected chi connectivity index (χ3v) is 1.49. The van der Waals surface area contributed by atoms with Crippen LogP contribution in [0.4, 0.5) is 4.39 Å². The van der Waals surface area contributed by atoms with Gasteiger partial charge >= 0.3 is 0 Å². The van der Waals surface area contributed by atoms with Crippen LogP contribution in [0, 0.1) is 5.92 Å². The maximum absolute atomic E-state index is 12.3. The van der Waals surface area contributed by atoms with E-state index in [4.69, 9.17) is 0 Å². The van der Waals surface area contributed by atoms with Gasteiger partial charge in [-0.25, -0.2) is 4.39 Å². The third-order valence-electron chi connectivity index (χ3n) is 1.49. The molecule has 0 fully saturated rings. The summed E-state index contributed by atoms with van der Waals surface area (Å²) in [4.78, 5) is 0. The van der Waals surface area contributed by atoms with E-state index in [1.54, 1.807) is 0 Å². The predicted molar refractivity (Wildman–Crippen MR) is 75.5 cm³/mol. The molecule has 0 aromatic heterocycles. The Morgan fingerprint density at radius 1 is 1.25 bits per heavy atom. The SMILES string of the molecule is C=C.CC.CCC/C=C\C(=C\C(C)C)CF. The fourth-order valence-corrected chi connectivity index (χ4v) is 0.974.